The van der Waals surface area contributed by atoms with Crippen LogP contribution in [0.2, 0.25) is 0 Å². The van der Waals surface area contributed by atoms with Crippen LogP contribution in [0.1, 0.15) is 61.1 Å². The second-order valence-corrected chi connectivity index (χ2v) is 15.9. The van der Waals surface area contributed by atoms with Crippen LogP contribution in [0.15, 0.2) is 33.8 Å². The Balaban J connectivity index is 1.63. The smallest absolute Gasteiger partial charge is 0.413 e. The Morgan fingerprint density at radius 1 is 1.08 bits per heavy atom. The van der Waals surface area contributed by atoms with Crippen molar-refractivity contribution in [3.05, 3.63) is 39.8 Å². The highest BCUT2D eigenvalue weighted by molar-refractivity contribution is 7.84. The fourth-order valence-corrected chi connectivity index (χ4v) is 5.85. The molecular formula is C29H37N9O12S2. The Labute approximate surface area is 300 Å². The maximum absolute atomic E-state index is 13.8. The van der Waals surface area contributed by atoms with Gasteiger partial charge in [0.25, 0.3) is 11.8 Å². The first kappa shape index (κ1) is 39.4. The summed E-state index contributed by atoms with van der Waals surface area (Å²) < 4.78 is 45.9. The fourth-order valence-electron chi connectivity index (χ4n) is 4.30. The molecule has 0 radical (unpaired) electrons. The Morgan fingerprint density at radius 2 is 1.73 bits per heavy atom. The monoisotopic (exact) mass is 767 g/mol. The summed E-state index contributed by atoms with van der Waals surface area (Å²) in [7, 11) is -5.13. The highest BCUT2D eigenvalue weighted by Gasteiger charge is 2.54. The molecule has 0 bridgehead atoms. The molecule has 4 heterocycles. The lowest BCUT2D eigenvalue weighted by Crippen LogP contribution is -2.73. The van der Waals surface area contributed by atoms with Crippen molar-refractivity contribution in [2.24, 2.45) is 5.16 Å². The molecule has 4 rings (SSSR count). The number of rotatable bonds is 11. The first-order valence-electron chi connectivity index (χ1n) is 15.2. The van der Waals surface area contributed by atoms with E-state index in [9.17, 15) is 42.0 Å². The van der Waals surface area contributed by atoms with Crippen LogP contribution in [-0.4, -0.2) is 106 Å². The number of thiazole rings is 1. The fraction of sp³-hybridized carbons (Fsp3) is 0.483. The van der Waals surface area contributed by atoms with E-state index < -0.39 is 86.5 Å². The predicted octanol–water partition coefficient (Wildman–Crippen LogP) is 1.18. The topological polar surface area (TPSA) is 287 Å². The van der Waals surface area contributed by atoms with Crippen molar-refractivity contribution in [3.63, 3.8) is 0 Å². The molecule has 3 aromatic rings. The molecule has 0 unspecified atom stereocenters. The van der Waals surface area contributed by atoms with Gasteiger partial charge in [-0.05, 0) is 55.4 Å². The summed E-state index contributed by atoms with van der Waals surface area (Å²) >= 11 is 0.871. The number of aromatic nitrogens is 5. The van der Waals surface area contributed by atoms with Crippen LogP contribution in [-0.2, 0) is 45.5 Å². The number of carbonyl (C=O) groups excluding carboxylic acids is 4. The average molecular weight is 768 g/mol. The number of hydrogen-bond donors (Lipinski definition) is 5. The van der Waals surface area contributed by atoms with Gasteiger partial charge in [0.1, 0.15) is 28.6 Å². The largest absolute Gasteiger partial charge is 0.503 e. The number of β-lactam (4-membered cyclic amide) rings is 1. The summed E-state index contributed by atoms with van der Waals surface area (Å²) in [5.74, 6) is -3.73. The highest BCUT2D eigenvalue weighted by Crippen LogP contribution is 2.27. The van der Waals surface area contributed by atoms with Crippen LogP contribution in [0.5, 0.6) is 5.75 Å². The molecule has 23 heteroatoms. The van der Waals surface area contributed by atoms with Crippen LogP contribution in [0.4, 0.5) is 9.93 Å². The number of pyridine rings is 1. The standard InChI is InChI=1S/C29H37N9O12S2/c1-27(2,3)48-24(43)29(7,8)50-35-20(16-13-51-25(31-16)33-26(44)49-28(4,5)6)22(41)32-21-17(38(23(21)42)52(45,46)47)12-37-11-15(34-36-37)14-9-18(39)19(40)10-30-14/h9-11,13,17,21,40H,12H2,1-8H3,(H,30,39)(H,32,41)(H,31,33,44)(H,45,46,47)/b35-20-/t17-,21+/m1/s1. The Kier molecular flexibility index (Phi) is 10.8. The molecule has 0 saturated carbocycles. The summed E-state index contributed by atoms with van der Waals surface area (Å²) in [6.07, 6.45) is 1.46. The maximum Gasteiger partial charge on any atom is 0.413 e. The summed E-state index contributed by atoms with van der Waals surface area (Å²) in [4.78, 5) is 76.1. The lowest BCUT2D eigenvalue weighted by Gasteiger charge is -2.43. The zero-order valence-electron chi connectivity index (χ0n) is 29.1. The van der Waals surface area contributed by atoms with E-state index in [0.717, 1.165) is 28.3 Å². The van der Waals surface area contributed by atoms with Gasteiger partial charge in [0.05, 0.1) is 24.5 Å². The van der Waals surface area contributed by atoms with Crippen LogP contribution in [0.25, 0.3) is 11.4 Å². The van der Waals surface area contributed by atoms with Crippen molar-refractivity contribution in [3.8, 4) is 17.1 Å². The molecule has 1 aliphatic heterocycles. The predicted molar refractivity (Wildman–Crippen MR) is 181 cm³/mol. The summed E-state index contributed by atoms with van der Waals surface area (Å²) in [6.45, 7) is 12.1. The van der Waals surface area contributed by atoms with E-state index in [1.165, 1.54) is 25.4 Å². The van der Waals surface area contributed by atoms with E-state index in [4.69, 9.17) is 14.3 Å². The summed E-state index contributed by atoms with van der Waals surface area (Å²) in [6, 6.07) is -2.01. The van der Waals surface area contributed by atoms with Gasteiger partial charge >= 0.3 is 22.4 Å². The zero-order valence-corrected chi connectivity index (χ0v) is 30.8. The molecule has 52 heavy (non-hydrogen) atoms. The lowest BCUT2D eigenvalue weighted by atomic mass is 9.98. The molecule has 0 spiro atoms. The van der Waals surface area contributed by atoms with E-state index in [0.29, 0.717) is 0 Å². The molecule has 1 aliphatic rings. The number of aromatic hydroxyl groups is 1. The van der Waals surface area contributed by atoms with E-state index in [-0.39, 0.29) is 26.5 Å². The van der Waals surface area contributed by atoms with Gasteiger partial charge in [-0.15, -0.1) is 16.4 Å². The molecule has 1 saturated heterocycles. The molecular weight excluding hydrogens is 731 g/mol. The number of H-pyrrole nitrogens is 1. The number of amides is 3. The number of carbonyl (C=O) groups is 4. The number of ether oxygens (including phenoxy) is 2. The van der Waals surface area contributed by atoms with Crippen LogP contribution in [0.3, 0.4) is 0 Å². The van der Waals surface area contributed by atoms with E-state index in [1.54, 1.807) is 41.5 Å². The average Bonchev–Trinajstić information content (AvgIpc) is 3.64. The second kappa shape index (κ2) is 14.3. The number of nitrogens with one attached hydrogen (secondary N) is 3. The van der Waals surface area contributed by atoms with Crippen molar-refractivity contribution >= 4 is 56.4 Å². The van der Waals surface area contributed by atoms with Gasteiger partial charge in [0.2, 0.25) is 11.0 Å². The number of anilines is 1. The van der Waals surface area contributed by atoms with Gasteiger partial charge in [-0.1, -0.05) is 10.4 Å². The third-order valence-electron chi connectivity index (χ3n) is 6.61. The van der Waals surface area contributed by atoms with Crippen molar-refractivity contribution in [1.29, 1.82) is 0 Å². The molecule has 1 fully saturated rings. The maximum atomic E-state index is 13.8. The van der Waals surface area contributed by atoms with Gasteiger partial charge in [-0.25, -0.2) is 23.6 Å². The van der Waals surface area contributed by atoms with Gasteiger partial charge < -0.3 is 29.7 Å². The number of oxime groups is 1. The zero-order chi connectivity index (χ0) is 39.0. The van der Waals surface area contributed by atoms with Crippen molar-refractivity contribution < 1.29 is 51.6 Å². The van der Waals surface area contributed by atoms with Crippen LogP contribution < -0.4 is 16.1 Å². The summed E-state index contributed by atoms with van der Waals surface area (Å²) in [5.41, 5.74) is -4.74. The molecule has 0 aromatic carbocycles. The van der Waals surface area contributed by atoms with Crippen molar-refractivity contribution in [2.75, 3.05) is 5.32 Å². The minimum absolute atomic E-state index is 0.0248. The van der Waals surface area contributed by atoms with Crippen LogP contribution >= 0.6 is 11.3 Å². The number of hydrogen-bond acceptors (Lipinski definition) is 16. The Morgan fingerprint density at radius 3 is 2.33 bits per heavy atom. The van der Waals surface area contributed by atoms with Gasteiger partial charge in [0, 0.05) is 17.6 Å². The Bertz CT molecular complexity index is 2070. The molecule has 5 N–H and O–H groups in total. The molecule has 0 aliphatic carbocycles. The molecule has 21 nitrogen and oxygen atoms in total. The van der Waals surface area contributed by atoms with Gasteiger partial charge in [-0.2, -0.15) is 8.42 Å². The SMILES string of the molecule is CC(C)(C)OC(=O)Nc1nc(/C(=N/OC(C)(C)C(=O)OC(C)(C)C)C(=O)N[C@@H]2C(=O)N(S(=O)(=O)O)[C@@H]2Cn2cc(-c3cc(=O)c(O)c[nH]3)nn2)cs1. The van der Waals surface area contributed by atoms with Gasteiger partial charge in [0.15, 0.2) is 16.6 Å². The normalized spacial score (nSPS) is 16.9. The lowest BCUT2D eigenvalue weighted by molar-refractivity contribution is -0.179. The van der Waals surface area contributed by atoms with Crippen molar-refractivity contribution in [2.45, 2.75) is 90.8 Å². The molecule has 3 amide bonds. The van der Waals surface area contributed by atoms with E-state index in [1.807, 2.05) is 0 Å². The van der Waals surface area contributed by atoms with Gasteiger partial charge in [-0.3, -0.25) is 24.3 Å². The first-order chi connectivity index (χ1) is 23.8. The number of nitrogens with zero attached hydrogens (tertiary/aromatic N) is 6. The quantitative estimate of drug-likeness (QED) is 0.0602. The molecule has 2 atom stereocenters. The minimum Gasteiger partial charge on any atom is -0.503 e. The minimum atomic E-state index is -5.13. The summed E-state index contributed by atoms with van der Waals surface area (Å²) in [5, 5.41) is 27.2. The number of esters is 1. The van der Waals surface area contributed by atoms with Crippen molar-refractivity contribution in [1.82, 2.24) is 34.6 Å². The highest BCUT2D eigenvalue weighted by atomic mass is 32.2. The third-order valence-corrected chi connectivity index (χ3v) is 8.32. The second-order valence-electron chi connectivity index (χ2n) is 13.8. The first-order valence-corrected chi connectivity index (χ1v) is 17.5. The molecule has 3 aromatic heterocycles. The third kappa shape index (κ3) is 9.67. The van der Waals surface area contributed by atoms with Crippen LogP contribution in [0, 0.1) is 0 Å². The molecule has 282 valence electrons. The Hall–Kier alpha value is -5.42. The number of aromatic amines is 1. The van der Waals surface area contributed by atoms with E-state index in [2.05, 4.69) is 36.1 Å². The van der Waals surface area contributed by atoms with E-state index >= 15 is 0 Å².